The van der Waals surface area contributed by atoms with Crippen molar-refractivity contribution in [2.24, 2.45) is 0 Å². The monoisotopic (exact) mass is 755 g/mol. The quantitative estimate of drug-likeness (QED) is 0.214. The van der Waals surface area contributed by atoms with Crippen molar-refractivity contribution in [2.75, 3.05) is 44.3 Å². The number of pyridine rings is 1. The van der Waals surface area contributed by atoms with Crippen molar-refractivity contribution < 1.29 is 35.6 Å². The Hall–Kier alpha value is -6.00. The second-order valence-electron chi connectivity index (χ2n) is 13.1. The average molecular weight is 756 g/mol. The minimum absolute atomic E-state index is 0.0323. The molecule has 8 rings (SSSR count). The Morgan fingerprint density at radius 1 is 0.963 bits per heavy atom. The van der Waals surface area contributed by atoms with Gasteiger partial charge in [0.05, 0.1) is 51.9 Å². The molecular weight excluding hydrogens is 724 g/mol. The van der Waals surface area contributed by atoms with Crippen LogP contribution in [0.5, 0.6) is 0 Å². The molecule has 1 fully saturated rings. The molecule has 0 spiro atoms. The second kappa shape index (κ2) is 13.1. The number of carbonyl (C=O) groups is 2. The van der Waals surface area contributed by atoms with E-state index in [-0.39, 0.29) is 50.7 Å². The van der Waals surface area contributed by atoms with E-state index in [4.69, 9.17) is 14.4 Å². The van der Waals surface area contributed by atoms with Crippen molar-refractivity contribution in [1.29, 1.82) is 0 Å². The van der Waals surface area contributed by atoms with Gasteiger partial charge in [-0.1, -0.05) is 6.07 Å². The molecular formula is C38H32F3N7O5S. The number of benzene rings is 3. The summed E-state index contributed by atoms with van der Waals surface area (Å²) in [5.41, 5.74) is 2.52. The molecule has 0 atom stereocenters. The van der Waals surface area contributed by atoms with E-state index in [2.05, 4.69) is 15.5 Å². The zero-order valence-electron chi connectivity index (χ0n) is 29.2. The summed E-state index contributed by atoms with van der Waals surface area (Å²) in [5.74, 6) is -2.45. The molecule has 2 N–H and O–H groups in total. The fraction of sp³-hybridized carbons (Fsp3) is 0.211. The lowest BCUT2D eigenvalue weighted by Gasteiger charge is -2.21. The molecule has 0 aliphatic carbocycles. The van der Waals surface area contributed by atoms with Crippen molar-refractivity contribution in [3.63, 3.8) is 0 Å². The maximum absolute atomic E-state index is 15.3. The lowest BCUT2D eigenvalue weighted by molar-refractivity contribution is -0.120. The van der Waals surface area contributed by atoms with E-state index < -0.39 is 33.4 Å². The number of furan rings is 1. The molecule has 16 heteroatoms. The van der Waals surface area contributed by atoms with Crippen molar-refractivity contribution in [2.45, 2.75) is 13.0 Å². The topological polar surface area (TPSA) is 142 Å². The van der Waals surface area contributed by atoms with Gasteiger partial charge in [0.25, 0.3) is 5.91 Å². The van der Waals surface area contributed by atoms with Gasteiger partial charge in [0.15, 0.2) is 5.76 Å². The number of sulfonamides is 1. The maximum atomic E-state index is 15.3. The molecule has 0 radical (unpaired) electrons. The summed E-state index contributed by atoms with van der Waals surface area (Å²) < 4.78 is 79.2. The zero-order chi connectivity index (χ0) is 38.1. The highest BCUT2D eigenvalue weighted by molar-refractivity contribution is 7.92. The summed E-state index contributed by atoms with van der Waals surface area (Å²) in [5, 5.41) is 5.98. The largest absolute Gasteiger partial charge is 0.455 e. The number of aromatic nitrogens is 3. The number of hydrogen-bond acceptors (Lipinski definition) is 8. The molecule has 0 unspecified atom stereocenters. The van der Waals surface area contributed by atoms with Crippen molar-refractivity contribution in [1.82, 2.24) is 29.9 Å². The van der Waals surface area contributed by atoms with Gasteiger partial charge >= 0.3 is 0 Å². The molecule has 3 aromatic carbocycles. The van der Waals surface area contributed by atoms with E-state index in [1.54, 1.807) is 36.4 Å². The number of carbonyl (C=O) groups excluding carboxylic acids is 2. The first-order valence-corrected chi connectivity index (χ1v) is 18.8. The molecule has 54 heavy (non-hydrogen) atoms. The van der Waals surface area contributed by atoms with Crippen LogP contribution in [0.4, 0.5) is 18.9 Å². The fourth-order valence-corrected chi connectivity index (χ4v) is 7.49. The Labute approximate surface area is 306 Å². The maximum Gasteiger partial charge on any atom is 0.255 e. The summed E-state index contributed by atoms with van der Waals surface area (Å²) in [6.45, 7) is 1.95. The molecule has 12 nitrogen and oxygen atoms in total. The molecule has 7 aromatic rings. The van der Waals surface area contributed by atoms with Crippen molar-refractivity contribution >= 4 is 65.9 Å². The lowest BCUT2D eigenvalue weighted by Crippen LogP contribution is -2.29. The molecule has 5 heterocycles. The van der Waals surface area contributed by atoms with Crippen LogP contribution >= 0.6 is 0 Å². The predicted molar refractivity (Wildman–Crippen MR) is 198 cm³/mol. The van der Waals surface area contributed by atoms with E-state index in [1.165, 1.54) is 26.2 Å². The van der Waals surface area contributed by atoms with Crippen molar-refractivity contribution in [3.05, 3.63) is 95.6 Å². The Balaban J connectivity index is 1.38. The number of amides is 2. The number of rotatable bonds is 7. The van der Waals surface area contributed by atoms with Crippen LogP contribution in [0.25, 0.3) is 61.0 Å². The average Bonchev–Trinajstić information content (AvgIpc) is 3.65. The molecule has 1 aliphatic rings. The Morgan fingerprint density at radius 2 is 1.78 bits per heavy atom. The molecule has 4 aromatic heterocycles. The van der Waals surface area contributed by atoms with Crippen LogP contribution in [-0.4, -0.2) is 79.5 Å². The minimum Gasteiger partial charge on any atom is -0.455 e. The van der Waals surface area contributed by atoms with E-state index in [0.29, 0.717) is 71.9 Å². The molecule has 0 bridgehead atoms. The Bertz CT molecular complexity index is 2820. The number of fused-ring (bicyclic) bond motifs is 6. The second-order valence-corrected chi connectivity index (χ2v) is 15.1. The van der Waals surface area contributed by atoms with Crippen LogP contribution in [0.3, 0.4) is 0 Å². The smallest absolute Gasteiger partial charge is 0.255 e. The number of nitrogens with zero attached hydrogens (tertiary/aromatic N) is 5. The van der Waals surface area contributed by atoms with Crippen LogP contribution in [0, 0.1) is 17.5 Å². The van der Waals surface area contributed by atoms with E-state index in [1.807, 2.05) is 4.40 Å². The lowest BCUT2D eigenvalue weighted by atomic mass is 10.0. The third-order valence-corrected chi connectivity index (χ3v) is 10.9. The van der Waals surface area contributed by atoms with Gasteiger partial charge in [-0.3, -0.25) is 23.2 Å². The first-order valence-electron chi connectivity index (χ1n) is 16.9. The predicted octanol–water partition coefficient (Wildman–Crippen LogP) is 5.61. The SMILES string of the molecule is CNC(=O)c1c(-c2ccc(F)cc2F)oc2cc(N(C)S(C)(=O)=O)c(-c3ccc4nc(CN5CCNC(=O)CC5)n5c6cccc(F)c6cc5c4n3)cc12. The fourth-order valence-electron chi connectivity index (χ4n) is 6.98. The van der Waals surface area contributed by atoms with Gasteiger partial charge in [-0.05, 0) is 48.5 Å². The van der Waals surface area contributed by atoms with Gasteiger partial charge in [0.1, 0.15) is 34.4 Å². The van der Waals surface area contributed by atoms with Crippen LogP contribution in [0.2, 0.25) is 0 Å². The molecule has 276 valence electrons. The van der Waals surface area contributed by atoms with Crippen LogP contribution < -0.4 is 14.9 Å². The van der Waals surface area contributed by atoms with Crippen LogP contribution in [0.15, 0.2) is 71.1 Å². The first-order chi connectivity index (χ1) is 25.8. The number of anilines is 1. The van der Waals surface area contributed by atoms with Gasteiger partial charge in [0.2, 0.25) is 15.9 Å². The summed E-state index contributed by atoms with van der Waals surface area (Å²) >= 11 is 0. The van der Waals surface area contributed by atoms with E-state index >= 15 is 8.78 Å². The van der Waals surface area contributed by atoms with Gasteiger partial charge in [-0.15, -0.1) is 0 Å². The highest BCUT2D eigenvalue weighted by Crippen LogP contribution is 2.42. The number of halogens is 3. The number of hydrogen-bond donors (Lipinski definition) is 2. The minimum atomic E-state index is -3.87. The van der Waals surface area contributed by atoms with Gasteiger partial charge in [-0.2, -0.15) is 0 Å². The third-order valence-electron chi connectivity index (χ3n) is 9.74. The molecule has 1 aliphatic heterocycles. The summed E-state index contributed by atoms with van der Waals surface area (Å²) in [7, 11) is -1.13. The van der Waals surface area contributed by atoms with Crippen LogP contribution in [-0.2, 0) is 21.4 Å². The number of nitrogens with one attached hydrogen (secondary N) is 2. The van der Waals surface area contributed by atoms with E-state index in [9.17, 15) is 22.4 Å². The van der Waals surface area contributed by atoms with Crippen molar-refractivity contribution in [3.8, 4) is 22.6 Å². The highest BCUT2D eigenvalue weighted by Gasteiger charge is 2.28. The molecule has 1 saturated heterocycles. The standard InChI is InChI=1S/C38H32F3N7O5S/c1-42-38(50)35-24-16-23(30(46(2)54(3,51)52)18-32(24)53-37(35)21-8-7-20(39)15-26(21)41)27-9-10-28-36(45-27)31-17-22-25(40)5-4-6-29(22)48(31)33(44-28)19-47-13-11-34(49)43-12-14-47/h4-10,15-18H,11-14,19H2,1-3H3,(H,42,50)(H,43,49). The summed E-state index contributed by atoms with van der Waals surface area (Å²) in [6, 6.07) is 15.7. The Kier molecular flexibility index (Phi) is 8.53. The Morgan fingerprint density at radius 3 is 2.54 bits per heavy atom. The third kappa shape index (κ3) is 5.96. The summed E-state index contributed by atoms with van der Waals surface area (Å²) in [6.07, 6.45) is 1.36. The van der Waals surface area contributed by atoms with Crippen LogP contribution in [0.1, 0.15) is 22.6 Å². The van der Waals surface area contributed by atoms with Gasteiger partial charge < -0.3 is 15.1 Å². The van der Waals surface area contributed by atoms with Gasteiger partial charge in [0, 0.05) is 68.6 Å². The first kappa shape index (κ1) is 35.1. The van der Waals surface area contributed by atoms with Gasteiger partial charge in [-0.25, -0.2) is 31.6 Å². The zero-order valence-corrected chi connectivity index (χ0v) is 30.0. The van der Waals surface area contributed by atoms with E-state index in [0.717, 1.165) is 22.7 Å². The highest BCUT2D eigenvalue weighted by atomic mass is 32.2. The molecule has 2 amide bonds. The summed E-state index contributed by atoms with van der Waals surface area (Å²) in [4.78, 5) is 37.5. The normalized spacial score (nSPS) is 14.2. The molecule has 0 saturated carbocycles.